The van der Waals surface area contributed by atoms with Gasteiger partial charge in [-0.25, -0.2) is 4.68 Å². The Morgan fingerprint density at radius 3 is 2.87 bits per heavy atom. The van der Waals surface area contributed by atoms with Gasteiger partial charge in [0.15, 0.2) is 0 Å². The third kappa shape index (κ3) is 4.81. The van der Waals surface area contributed by atoms with Crippen molar-refractivity contribution < 1.29 is 4.79 Å². The topological polar surface area (TPSA) is 59.0 Å². The van der Waals surface area contributed by atoms with Gasteiger partial charge < -0.3 is 10.6 Å². The van der Waals surface area contributed by atoms with Gasteiger partial charge in [0.2, 0.25) is 5.91 Å². The maximum Gasteiger partial charge on any atom is 0.227 e. The Labute approximate surface area is 142 Å². The van der Waals surface area contributed by atoms with Crippen LogP contribution in [0.25, 0.3) is 0 Å². The van der Waals surface area contributed by atoms with Crippen LogP contribution in [0.3, 0.4) is 0 Å². The average molecular weight is 335 g/mol. The predicted octanol–water partition coefficient (Wildman–Crippen LogP) is 2.74. The minimum atomic E-state index is 0. The number of amides is 1. The molecule has 1 aliphatic heterocycles. The Bertz CT molecular complexity index is 635. The molecule has 2 heterocycles. The molecule has 0 bridgehead atoms. The monoisotopic (exact) mass is 334 g/mol. The summed E-state index contributed by atoms with van der Waals surface area (Å²) >= 11 is 0. The van der Waals surface area contributed by atoms with Gasteiger partial charge in [0.25, 0.3) is 0 Å². The van der Waals surface area contributed by atoms with Crippen molar-refractivity contribution in [2.45, 2.75) is 38.8 Å². The highest BCUT2D eigenvalue weighted by Gasteiger charge is 2.18. The molecule has 1 unspecified atom stereocenters. The Morgan fingerprint density at radius 2 is 2.17 bits per heavy atom. The molecular formula is C17H23ClN4O. The molecule has 2 N–H and O–H groups in total. The first-order valence-corrected chi connectivity index (χ1v) is 7.82. The summed E-state index contributed by atoms with van der Waals surface area (Å²) in [6, 6.07) is 12.4. The number of aromatic nitrogens is 2. The zero-order chi connectivity index (χ0) is 15.4. The van der Waals surface area contributed by atoms with E-state index in [2.05, 4.69) is 27.9 Å². The zero-order valence-corrected chi connectivity index (χ0v) is 14.1. The molecule has 0 spiro atoms. The van der Waals surface area contributed by atoms with Crippen LogP contribution in [0, 0.1) is 6.92 Å². The van der Waals surface area contributed by atoms with Crippen molar-refractivity contribution in [3.05, 3.63) is 47.7 Å². The largest absolute Gasteiger partial charge is 0.313 e. The predicted molar refractivity (Wildman–Crippen MR) is 94.0 cm³/mol. The number of anilines is 1. The second kappa shape index (κ2) is 8.13. The first kappa shape index (κ1) is 17.5. The molecule has 1 aliphatic rings. The highest BCUT2D eigenvalue weighted by molar-refractivity contribution is 5.90. The van der Waals surface area contributed by atoms with E-state index in [1.807, 2.05) is 35.9 Å². The quantitative estimate of drug-likeness (QED) is 0.884. The van der Waals surface area contributed by atoms with Crippen LogP contribution in [-0.4, -0.2) is 28.3 Å². The SMILES string of the molecule is Cc1cc(NC(=O)CC2CCCN2)n(Cc2ccccc2)n1.Cl. The molecule has 1 aromatic heterocycles. The number of carbonyl (C=O) groups excluding carboxylic acids is 1. The smallest absolute Gasteiger partial charge is 0.227 e. The van der Waals surface area contributed by atoms with E-state index in [0.717, 1.165) is 30.9 Å². The molecule has 5 nitrogen and oxygen atoms in total. The number of benzene rings is 1. The lowest BCUT2D eigenvalue weighted by molar-refractivity contribution is -0.116. The normalized spacial score (nSPS) is 16.8. The van der Waals surface area contributed by atoms with Crippen molar-refractivity contribution in [1.29, 1.82) is 0 Å². The maximum absolute atomic E-state index is 12.2. The van der Waals surface area contributed by atoms with Crippen molar-refractivity contribution >= 4 is 24.1 Å². The van der Waals surface area contributed by atoms with E-state index >= 15 is 0 Å². The molecule has 0 saturated carbocycles. The fourth-order valence-corrected chi connectivity index (χ4v) is 2.87. The Hall–Kier alpha value is -1.85. The number of rotatable bonds is 5. The summed E-state index contributed by atoms with van der Waals surface area (Å²) in [6.07, 6.45) is 2.76. The molecule has 3 rings (SSSR count). The summed E-state index contributed by atoms with van der Waals surface area (Å²) < 4.78 is 1.85. The minimum Gasteiger partial charge on any atom is -0.313 e. The average Bonchev–Trinajstić information content (AvgIpc) is 3.10. The zero-order valence-electron chi connectivity index (χ0n) is 13.3. The second-order valence-electron chi connectivity index (χ2n) is 5.86. The van der Waals surface area contributed by atoms with Crippen molar-refractivity contribution in [3.63, 3.8) is 0 Å². The molecule has 0 radical (unpaired) electrons. The fourth-order valence-electron chi connectivity index (χ4n) is 2.87. The molecule has 124 valence electrons. The van der Waals surface area contributed by atoms with Crippen molar-refractivity contribution in [1.82, 2.24) is 15.1 Å². The van der Waals surface area contributed by atoms with E-state index in [1.165, 1.54) is 5.56 Å². The van der Waals surface area contributed by atoms with E-state index in [1.54, 1.807) is 0 Å². The third-order valence-electron chi connectivity index (χ3n) is 3.94. The standard InChI is InChI=1S/C17H22N4O.ClH/c1-13-10-16(19-17(22)11-15-8-5-9-18-15)21(20-13)12-14-6-3-2-4-7-14;/h2-4,6-7,10,15,18H,5,8-9,11-12H2,1H3,(H,19,22);1H. The second-order valence-corrected chi connectivity index (χ2v) is 5.86. The van der Waals surface area contributed by atoms with E-state index in [4.69, 9.17) is 0 Å². The Kier molecular flexibility index (Phi) is 6.19. The summed E-state index contributed by atoms with van der Waals surface area (Å²) in [5.41, 5.74) is 2.07. The maximum atomic E-state index is 12.2. The van der Waals surface area contributed by atoms with Crippen LogP contribution in [-0.2, 0) is 11.3 Å². The molecule has 1 amide bonds. The van der Waals surface area contributed by atoms with Gasteiger partial charge in [-0.3, -0.25) is 4.79 Å². The lowest BCUT2D eigenvalue weighted by atomic mass is 10.1. The number of halogens is 1. The van der Waals surface area contributed by atoms with E-state index in [0.29, 0.717) is 19.0 Å². The van der Waals surface area contributed by atoms with Gasteiger partial charge in [0.05, 0.1) is 12.2 Å². The highest BCUT2D eigenvalue weighted by atomic mass is 35.5. The summed E-state index contributed by atoms with van der Waals surface area (Å²) in [5, 5.41) is 10.8. The van der Waals surface area contributed by atoms with E-state index in [-0.39, 0.29) is 18.3 Å². The summed E-state index contributed by atoms with van der Waals surface area (Å²) in [5.74, 6) is 0.818. The van der Waals surface area contributed by atoms with Gasteiger partial charge >= 0.3 is 0 Å². The van der Waals surface area contributed by atoms with Crippen LogP contribution >= 0.6 is 12.4 Å². The van der Waals surface area contributed by atoms with Gasteiger partial charge in [-0.05, 0) is 31.9 Å². The minimum absolute atomic E-state index is 0. The van der Waals surface area contributed by atoms with Gasteiger partial charge in [-0.2, -0.15) is 5.10 Å². The molecular weight excluding hydrogens is 312 g/mol. The first-order chi connectivity index (χ1) is 10.7. The Morgan fingerprint density at radius 1 is 1.39 bits per heavy atom. The number of nitrogens with zero attached hydrogens (tertiary/aromatic N) is 2. The summed E-state index contributed by atoms with van der Waals surface area (Å²) in [7, 11) is 0. The lowest BCUT2D eigenvalue weighted by Crippen LogP contribution is -2.28. The summed E-state index contributed by atoms with van der Waals surface area (Å²) in [4.78, 5) is 12.2. The number of aryl methyl sites for hydroxylation is 1. The first-order valence-electron chi connectivity index (χ1n) is 7.82. The number of hydrogen-bond acceptors (Lipinski definition) is 3. The molecule has 1 saturated heterocycles. The van der Waals surface area contributed by atoms with Crippen molar-refractivity contribution in [3.8, 4) is 0 Å². The lowest BCUT2D eigenvalue weighted by Gasteiger charge is -2.12. The van der Waals surface area contributed by atoms with Gasteiger partial charge in [-0.1, -0.05) is 30.3 Å². The van der Waals surface area contributed by atoms with Gasteiger partial charge in [0.1, 0.15) is 5.82 Å². The molecule has 6 heteroatoms. The van der Waals surface area contributed by atoms with Crippen LogP contribution in [0.2, 0.25) is 0 Å². The molecule has 2 aromatic rings. The molecule has 1 aromatic carbocycles. The third-order valence-corrected chi connectivity index (χ3v) is 3.94. The number of carbonyl (C=O) groups is 1. The fraction of sp³-hybridized carbons (Fsp3) is 0.412. The van der Waals surface area contributed by atoms with E-state index < -0.39 is 0 Å². The van der Waals surface area contributed by atoms with Crippen LogP contribution in [0.4, 0.5) is 5.82 Å². The van der Waals surface area contributed by atoms with E-state index in [9.17, 15) is 4.79 Å². The van der Waals surface area contributed by atoms with Crippen LogP contribution < -0.4 is 10.6 Å². The number of nitrogens with one attached hydrogen (secondary N) is 2. The Balaban J connectivity index is 0.00000192. The number of hydrogen-bond donors (Lipinski definition) is 2. The van der Waals surface area contributed by atoms with Gasteiger partial charge in [0, 0.05) is 18.5 Å². The van der Waals surface area contributed by atoms with Gasteiger partial charge in [-0.15, -0.1) is 12.4 Å². The van der Waals surface area contributed by atoms with Crippen molar-refractivity contribution in [2.24, 2.45) is 0 Å². The molecule has 0 aliphatic carbocycles. The van der Waals surface area contributed by atoms with Crippen LogP contribution in [0.5, 0.6) is 0 Å². The molecule has 1 atom stereocenters. The highest BCUT2D eigenvalue weighted by Crippen LogP contribution is 2.15. The van der Waals surface area contributed by atoms with Crippen LogP contribution in [0.1, 0.15) is 30.5 Å². The van der Waals surface area contributed by atoms with Crippen molar-refractivity contribution in [2.75, 3.05) is 11.9 Å². The molecule has 1 fully saturated rings. The molecule has 23 heavy (non-hydrogen) atoms. The van der Waals surface area contributed by atoms with Crippen LogP contribution in [0.15, 0.2) is 36.4 Å². The summed E-state index contributed by atoms with van der Waals surface area (Å²) in [6.45, 7) is 3.62.